The highest BCUT2D eigenvalue weighted by atomic mass is 19.4. The summed E-state index contributed by atoms with van der Waals surface area (Å²) in [6.45, 7) is 3.48. The Hall–Kier alpha value is -1.65. The molecule has 2 nitrogen and oxygen atoms in total. The van der Waals surface area contributed by atoms with Crippen LogP contribution in [0.4, 0.5) is 13.2 Å². The molecular weight excluding hydrogens is 233 g/mol. The van der Waals surface area contributed by atoms with Crippen LogP contribution in [0.15, 0.2) is 18.2 Å². The zero-order valence-electron chi connectivity index (χ0n) is 9.34. The molecule has 0 saturated heterocycles. The molecule has 0 heterocycles. The SMILES string of the molecule is CC(C)c1ccc(C(F)(F)F)cc1C(=O)C=O. The number of hydrogen-bond donors (Lipinski definition) is 0. The Morgan fingerprint density at radius 1 is 1.29 bits per heavy atom. The van der Waals surface area contributed by atoms with Crippen LogP contribution >= 0.6 is 0 Å². The smallest absolute Gasteiger partial charge is 0.294 e. The Bertz CT molecular complexity index is 448. The Labute approximate surface area is 96.4 Å². The van der Waals surface area contributed by atoms with E-state index >= 15 is 0 Å². The number of hydrogen-bond acceptors (Lipinski definition) is 2. The molecule has 0 bridgehead atoms. The van der Waals surface area contributed by atoms with E-state index in [2.05, 4.69) is 0 Å². The second-order valence-corrected chi connectivity index (χ2v) is 3.94. The summed E-state index contributed by atoms with van der Waals surface area (Å²) in [7, 11) is 0. The largest absolute Gasteiger partial charge is 0.416 e. The standard InChI is InChI=1S/C12H11F3O2/c1-7(2)9-4-3-8(12(13,14)15)5-10(9)11(17)6-16/h3-7H,1-2H3. The quantitative estimate of drug-likeness (QED) is 0.465. The average Bonchev–Trinajstić information content (AvgIpc) is 2.25. The van der Waals surface area contributed by atoms with Gasteiger partial charge in [-0.05, 0) is 23.6 Å². The number of benzene rings is 1. The predicted octanol–water partition coefficient (Wildman–Crippen LogP) is 3.21. The number of Topliss-reactive ketones (excluding diaryl/α,β-unsaturated/α-hetero) is 1. The van der Waals surface area contributed by atoms with Crippen LogP contribution in [0.3, 0.4) is 0 Å². The first-order valence-electron chi connectivity index (χ1n) is 4.98. The zero-order chi connectivity index (χ0) is 13.2. The highest BCUT2D eigenvalue weighted by molar-refractivity contribution is 6.33. The summed E-state index contributed by atoms with van der Waals surface area (Å²) in [6.07, 6.45) is -4.49. The van der Waals surface area contributed by atoms with E-state index < -0.39 is 17.5 Å². The molecule has 1 aromatic carbocycles. The second-order valence-electron chi connectivity index (χ2n) is 3.94. The van der Waals surface area contributed by atoms with Crippen molar-refractivity contribution < 1.29 is 22.8 Å². The van der Waals surface area contributed by atoms with E-state index in [4.69, 9.17) is 0 Å². The molecule has 0 saturated carbocycles. The number of alkyl halides is 3. The van der Waals surface area contributed by atoms with Crippen molar-refractivity contribution in [2.45, 2.75) is 25.9 Å². The number of carbonyl (C=O) groups excluding carboxylic acids is 2. The van der Waals surface area contributed by atoms with Crippen molar-refractivity contribution in [2.24, 2.45) is 0 Å². The van der Waals surface area contributed by atoms with E-state index in [1.807, 2.05) is 0 Å². The molecule has 0 unspecified atom stereocenters. The van der Waals surface area contributed by atoms with Crippen LogP contribution in [0.2, 0.25) is 0 Å². The summed E-state index contributed by atoms with van der Waals surface area (Å²) in [5.74, 6) is -1.06. The Morgan fingerprint density at radius 3 is 2.29 bits per heavy atom. The molecule has 0 aliphatic heterocycles. The molecule has 0 amide bonds. The fourth-order valence-corrected chi connectivity index (χ4v) is 1.51. The van der Waals surface area contributed by atoms with Crippen LogP contribution in [0.5, 0.6) is 0 Å². The minimum atomic E-state index is -4.52. The molecule has 0 aliphatic carbocycles. The first-order chi connectivity index (χ1) is 7.77. The van der Waals surface area contributed by atoms with Crippen LogP contribution in [0.1, 0.15) is 41.3 Å². The normalized spacial score (nSPS) is 11.6. The highest BCUT2D eigenvalue weighted by Crippen LogP contribution is 2.32. The van der Waals surface area contributed by atoms with Gasteiger partial charge in [0.15, 0.2) is 6.29 Å². The van der Waals surface area contributed by atoms with Gasteiger partial charge in [-0.1, -0.05) is 19.9 Å². The summed E-state index contributed by atoms with van der Waals surface area (Å²) in [5, 5.41) is 0. The topological polar surface area (TPSA) is 34.1 Å². The van der Waals surface area contributed by atoms with Crippen molar-refractivity contribution in [1.29, 1.82) is 0 Å². The fraction of sp³-hybridized carbons (Fsp3) is 0.333. The van der Waals surface area contributed by atoms with Gasteiger partial charge in [0.05, 0.1) is 5.56 Å². The van der Waals surface area contributed by atoms with Gasteiger partial charge < -0.3 is 0 Å². The molecular formula is C12H11F3O2. The molecule has 0 N–H and O–H groups in total. The summed E-state index contributed by atoms with van der Waals surface area (Å²) in [5.41, 5.74) is -0.660. The third-order valence-corrected chi connectivity index (χ3v) is 2.38. The van der Waals surface area contributed by atoms with Crippen LogP contribution < -0.4 is 0 Å². The monoisotopic (exact) mass is 244 g/mol. The number of rotatable bonds is 3. The van der Waals surface area contributed by atoms with Crippen molar-refractivity contribution in [1.82, 2.24) is 0 Å². The Kier molecular flexibility index (Phi) is 3.70. The lowest BCUT2D eigenvalue weighted by Gasteiger charge is -2.13. The lowest BCUT2D eigenvalue weighted by atomic mass is 9.93. The van der Waals surface area contributed by atoms with E-state index in [0.717, 1.165) is 12.1 Å². The van der Waals surface area contributed by atoms with Gasteiger partial charge >= 0.3 is 6.18 Å². The summed E-state index contributed by atoms with van der Waals surface area (Å²) < 4.78 is 37.4. The van der Waals surface area contributed by atoms with Crippen LogP contribution in [0.25, 0.3) is 0 Å². The van der Waals surface area contributed by atoms with E-state index in [9.17, 15) is 22.8 Å². The van der Waals surface area contributed by atoms with Crippen molar-refractivity contribution in [3.8, 4) is 0 Å². The Balaban J connectivity index is 3.39. The zero-order valence-corrected chi connectivity index (χ0v) is 9.34. The minimum Gasteiger partial charge on any atom is -0.294 e. The van der Waals surface area contributed by atoms with Gasteiger partial charge in [0.1, 0.15) is 0 Å². The van der Waals surface area contributed by atoms with Gasteiger partial charge in [-0.25, -0.2) is 0 Å². The van der Waals surface area contributed by atoms with E-state index in [1.165, 1.54) is 6.07 Å². The van der Waals surface area contributed by atoms with Crippen LogP contribution in [0, 0.1) is 0 Å². The van der Waals surface area contributed by atoms with Crippen molar-refractivity contribution in [2.75, 3.05) is 0 Å². The lowest BCUT2D eigenvalue weighted by molar-refractivity contribution is -0.137. The van der Waals surface area contributed by atoms with E-state index in [1.54, 1.807) is 13.8 Å². The predicted molar refractivity (Wildman–Crippen MR) is 55.9 cm³/mol. The van der Waals surface area contributed by atoms with Gasteiger partial charge in [-0.2, -0.15) is 13.2 Å². The lowest BCUT2D eigenvalue weighted by Crippen LogP contribution is -2.11. The van der Waals surface area contributed by atoms with Gasteiger partial charge in [0.25, 0.3) is 0 Å². The third kappa shape index (κ3) is 2.93. The van der Waals surface area contributed by atoms with Gasteiger partial charge in [0.2, 0.25) is 5.78 Å². The average molecular weight is 244 g/mol. The fourth-order valence-electron chi connectivity index (χ4n) is 1.51. The molecule has 0 aromatic heterocycles. The van der Waals surface area contributed by atoms with Crippen molar-refractivity contribution >= 4 is 12.1 Å². The minimum absolute atomic E-state index is 0.0291. The van der Waals surface area contributed by atoms with Crippen molar-refractivity contribution in [3.63, 3.8) is 0 Å². The first-order valence-corrected chi connectivity index (χ1v) is 4.98. The van der Waals surface area contributed by atoms with Crippen molar-refractivity contribution in [3.05, 3.63) is 34.9 Å². The summed E-state index contributed by atoms with van der Waals surface area (Å²) in [4.78, 5) is 21.7. The molecule has 1 aromatic rings. The maximum absolute atomic E-state index is 12.5. The summed E-state index contributed by atoms with van der Waals surface area (Å²) in [6, 6.07) is 2.88. The molecule has 0 radical (unpaired) electrons. The molecule has 5 heteroatoms. The number of aldehydes is 1. The van der Waals surface area contributed by atoms with Crippen LogP contribution in [-0.2, 0) is 11.0 Å². The molecule has 92 valence electrons. The third-order valence-electron chi connectivity index (χ3n) is 2.38. The molecule has 0 atom stereocenters. The van der Waals surface area contributed by atoms with E-state index in [-0.39, 0.29) is 17.8 Å². The highest BCUT2D eigenvalue weighted by Gasteiger charge is 2.31. The second kappa shape index (κ2) is 4.69. The molecule has 1 rings (SSSR count). The maximum atomic E-state index is 12.5. The van der Waals surface area contributed by atoms with Crippen LogP contribution in [-0.4, -0.2) is 12.1 Å². The first kappa shape index (κ1) is 13.4. The molecule has 0 fully saturated rings. The number of halogens is 3. The van der Waals surface area contributed by atoms with E-state index in [0.29, 0.717) is 5.56 Å². The molecule has 0 spiro atoms. The van der Waals surface area contributed by atoms with Gasteiger partial charge in [0, 0.05) is 5.56 Å². The number of carbonyl (C=O) groups is 2. The molecule has 17 heavy (non-hydrogen) atoms. The summed E-state index contributed by atoms with van der Waals surface area (Å²) >= 11 is 0. The number of ketones is 1. The van der Waals surface area contributed by atoms with Gasteiger partial charge in [-0.3, -0.25) is 9.59 Å². The maximum Gasteiger partial charge on any atom is 0.416 e. The molecule has 0 aliphatic rings. The van der Waals surface area contributed by atoms with Gasteiger partial charge in [-0.15, -0.1) is 0 Å². The Morgan fingerprint density at radius 2 is 1.88 bits per heavy atom.